The number of benzene rings is 1. The normalized spacial score (nSPS) is 21.9. The van der Waals surface area contributed by atoms with Crippen molar-refractivity contribution >= 4 is 17.2 Å². The second-order valence-corrected chi connectivity index (χ2v) is 6.72. The van der Waals surface area contributed by atoms with Crippen LogP contribution < -0.4 is 5.32 Å². The van der Waals surface area contributed by atoms with Crippen LogP contribution in [-0.4, -0.2) is 41.0 Å². The van der Waals surface area contributed by atoms with Crippen molar-refractivity contribution in [3.05, 3.63) is 41.2 Å². The van der Waals surface area contributed by atoms with Gasteiger partial charge in [-0.25, -0.2) is 9.37 Å². The van der Waals surface area contributed by atoms with Gasteiger partial charge in [0, 0.05) is 30.7 Å². The summed E-state index contributed by atoms with van der Waals surface area (Å²) in [5, 5.41) is 3.94. The predicted molar refractivity (Wildman–Crippen MR) is 85.5 cm³/mol. The van der Waals surface area contributed by atoms with E-state index in [2.05, 4.69) is 24.1 Å². The predicted octanol–water partition coefficient (Wildman–Crippen LogP) is 2.77. The smallest absolute Gasteiger partial charge is 0.265 e. The molecule has 1 amide bonds. The van der Waals surface area contributed by atoms with E-state index >= 15 is 0 Å². The van der Waals surface area contributed by atoms with Gasteiger partial charge in [0.25, 0.3) is 5.91 Å². The van der Waals surface area contributed by atoms with Gasteiger partial charge in [-0.1, -0.05) is 12.1 Å². The zero-order valence-corrected chi connectivity index (χ0v) is 13.4. The fraction of sp³-hybridized carbons (Fsp3) is 0.375. The molecule has 6 heteroatoms. The van der Waals surface area contributed by atoms with Gasteiger partial charge in [-0.3, -0.25) is 4.79 Å². The van der Waals surface area contributed by atoms with Crippen LogP contribution in [0.25, 0.3) is 10.6 Å². The number of nitrogens with one attached hydrogen (secondary N) is 1. The van der Waals surface area contributed by atoms with Crippen LogP contribution in [0.4, 0.5) is 4.39 Å². The van der Waals surface area contributed by atoms with Crippen LogP contribution in [0, 0.1) is 5.82 Å². The summed E-state index contributed by atoms with van der Waals surface area (Å²) in [4.78, 5) is 19.2. The van der Waals surface area contributed by atoms with Crippen molar-refractivity contribution in [1.82, 2.24) is 15.2 Å². The summed E-state index contributed by atoms with van der Waals surface area (Å²) < 4.78 is 13.8. The molecule has 1 saturated heterocycles. The topological polar surface area (TPSA) is 45.2 Å². The van der Waals surface area contributed by atoms with Crippen LogP contribution in [-0.2, 0) is 0 Å². The lowest BCUT2D eigenvalue weighted by atomic mass is 10.1. The van der Waals surface area contributed by atoms with Gasteiger partial charge in [0.15, 0.2) is 0 Å². The molecule has 1 aromatic carbocycles. The average molecular weight is 319 g/mol. The van der Waals surface area contributed by atoms with Crippen LogP contribution in [0.5, 0.6) is 0 Å². The van der Waals surface area contributed by atoms with E-state index in [1.54, 1.807) is 24.4 Å². The SMILES string of the molecule is CC1CN(C(=O)c2cnc(-c3ccccc3F)s2)CC(C)N1. The van der Waals surface area contributed by atoms with Crippen LogP contribution in [0.2, 0.25) is 0 Å². The number of hydrogen-bond acceptors (Lipinski definition) is 4. The fourth-order valence-electron chi connectivity index (χ4n) is 2.78. The highest BCUT2D eigenvalue weighted by Crippen LogP contribution is 2.28. The van der Waals surface area contributed by atoms with E-state index in [0.29, 0.717) is 28.5 Å². The molecule has 3 rings (SSSR count). The van der Waals surface area contributed by atoms with E-state index in [1.807, 2.05) is 4.90 Å². The molecule has 0 saturated carbocycles. The van der Waals surface area contributed by atoms with E-state index in [1.165, 1.54) is 17.4 Å². The molecule has 1 N–H and O–H groups in total. The fourth-order valence-corrected chi connectivity index (χ4v) is 3.69. The first-order valence-corrected chi connectivity index (χ1v) is 8.12. The molecule has 2 aromatic rings. The van der Waals surface area contributed by atoms with Crippen molar-refractivity contribution in [1.29, 1.82) is 0 Å². The summed E-state index contributed by atoms with van der Waals surface area (Å²) in [6.45, 7) is 5.48. The molecule has 1 aliphatic rings. The molecular weight excluding hydrogens is 301 g/mol. The Bertz CT molecular complexity index is 678. The number of rotatable bonds is 2. The van der Waals surface area contributed by atoms with Gasteiger partial charge in [0.2, 0.25) is 0 Å². The molecule has 4 nitrogen and oxygen atoms in total. The van der Waals surface area contributed by atoms with Gasteiger partial charge >= 0.3 is 0 Å². The van der Waals surface area contributed by atoms with Crippen molar-refractivity contribution in [2.45, 2.75) is 25.9 Å². The van der Waals surface area contributed by atoms with Crippen molar-refractivity contribution < 1.29 is 9.18 Å². The third-order valence-electron chi connectivity index (χ3n) is 3.67. The molecule has 1 aromatic heterocycles. The summed E-state index contributed by atoms with van der Waals surface area (Å²) in [6.07, 6.45) is 1.55. The van der Waals surface area contributed by atoms with Gasteiger partial charge in [-0.05, 0) is 26.0 Å². The highest BCUT2D eigenvalue weighted by Gasteiger charge is 2.27. The van der Waals surface area contributed by atoms with E-state index in [9.17, 15) is 9.18 Å². The Morgan fingerprint density at radius 3 is 2.68 bits per heavy atom. The number of carbonyl (C=O) groups excluding carboxylic acids is 1. The van der Waals surface area contributed by atoms with E-state index < -0.39 is 0 Å². The maximum Gasteiger partial charge on any atom is 0.265 e. The van der Waals surface area contributed by atoms with E-state index in [4.69, 9.17) is 0 Å². The molecule has 0 aliphatic carbocycles. The number of piperazine rings is 1. The summed E-state index contributed by atoms with van der Waals surface area (Å²) >= 11 is 1.24. The van der Waals surface area contributed by atoms with Gasteiger partial charge in [-0.15, -0.1) is 11.3 Å². The van der Waals surface area contributed by atoms with E-state index in [0.717, 1.165) is 0 Å². The first-order chi connectivity index (χ1) is 10.5. The first-order valence-electron chi connectivity index (χ1n) is 7.30. The molecule has 0 radical (unpaired) electrons. The Labute approximate surface area is 133 Å². The van der Waals surface area contributed by atoms with Crippen LogP contribution in [0.15, 0.2) is 30.5 Å². The Morgan fingerprint density at radius 2 is 2.00 bits per heavy atom. The molecule has 1 fully saturated rings. The molecule has 2 atom stereocenters. The van der Waals surface area contributed by atoms with Crippen LogP contribution >= 0.6 is 11.3 Å². The summed E-state index contributed by atoms with van der Waals surface area (Å²) in [5.74, 6) is -0.347. The molecule has 0 spiro atoms. The number of halogens is 1. The molecule has 2 heterocycles. The molecule has 1 aliphatic heterocycles. The number of hydrogen-bond donors (Lipinski definition) is 1. The summed E-state index contributed by atoms with van der Waals surface area (Å²) in [7, 11) is 0. The van der Waals surface area contributed by atoms with Gasteiger partial charge < -0.3 is 10.2 Å². The Balaban J connectivity index is 1.82. The van der Waals surface area contributed by atoms with Crippen molar-refractivity contribution in [3.8, 4) is 10.6 Å². The molecular formula is C16H18FN3OS. The zero-order valence-electron chi connectivity index (χ0n) is 12.5. The quantitative estimate of drug-likeness (QED) is 0.926. The second-order valence-electron chi connectivity index (χ2n) is 5.69. The Kier molecular flexibility index (Phi) is 4.22. The maximum absolute atomic E-state index is 13.8. The minimum atomic E-state index is -0.319. The monoisotopic (exact) mass is 319 g/mol. The largest absolute Gasteiger partial charge is 0.335 e. The number of carbonyl (C=O) groups is 1. The highest BCUT2D eigenvalue weighted by atomic mass is 32.1. The maximum atomic E-state index is 13.8. The molecule has 22 heavy (non-hydrogen) atoms. The van der Waals surface area contributed by atoms with Gasteiger partial charge in [0.1, 0.15) is 15.7 Å². The van der Waals surface area contributed by atoms with Crippen molar-refractivity contribution in [2.75, 3.05) is 13.1 Å². The number of nitrogens with zero attached hydrogens (tertiary/aromatic N) is 2. The van der Waals surface area contributed by atoms with Gasteiger partial charge in [0.05, 0.1) is 6.20 Å². The lowest BCUT2D eigenvalue weighted by molar-refractivity contribution is 0.0678. The lowest BCUT2D eigenvalue weighted by Gasteiger charge is -2.35. The van der Waals surface area contributed by atoms with Crippen LogP contribution in [0.1, 0.15) is 23.5 Å². The van der Waals surface area contributed by atoms with E-state index in [-0.39, 0.29) is 23.8 Å². The van der Waals surface area contributed by atoms with Gasteiger partial charge in [-0.2, -0.15) is 0 Å². The minimum absolute atomic E-state index is 0.0275. The lowest BCUT2D eigenvalue weighted by Crippen LogP contribution is -2.55. The average Bonchev–Trinajstić information content (AvgIpc) is 2.95. The third kappa shape index (κ3) is 3.03. The van der Waals surface area contributed by atoms with Crippen molar-refractivity contribution in [2.24, 2.45) is 0 Å². The third-order valence-corrected chi connectivity index (χ3v) is 4.68. The Morgan fingerprint density at radius 1 is 1.32 bits per heavy atom. The molecule has 0 bridgehead atoms. The minimum Gasteiger partial charge on any atom is -0.335 e. The standard InChI is InChI=1S/C16H18FN3OS/c1-10-8-20(9-11(2)19-10)16(21)14-7-18-15(22-14)12-5-3-4-6-13(12)17/h3-7,10-11,19H,8-9H2,1-2H3. The molecule has 116 valence electrons. The number of aromatic nitrogens is 1. The highest BCUT2D eigenvalue weighted by molar-refractivity contribution is 7.16. The zero-order chi connectivity index (χ0) is 15.7. The first kappa shape index (κ1) is 15.1. The van der Waals surface area contributed by atoms with Crippen molar-refractivity contribution in [3.63, 3.8) is 0 Å². The van der Waals surface area contributed by atoms with Crippen LogP contribution in [0.3, 0.4) is 0 Å². The summed E-state index contributed by atoms with van der Waals surface area (Å²) in [6, 6.07) is 7.02. The summed E-state index contributed by atoms with van der Waals surface area (Å²) in [5.41, 5.74) is 0.439. The Hall–Kier alpha value is -1.79. The number of amides is 1. The molecule has 2 unspecified atom stereocenters. The number of thiazole rings is 1. The second kappa shape index (κ2) is 6.14.